The molecule has 2 aromatic rings. The molecule has 0 fully saturated rings. The number of non-ortho nitro benzene ring substituents is 1. The van der Waals surface area contributed by atoms with Gasteiger partial charge in [-0.05, 0) is 38.4 Å². The Hall–Kier alpha value is -2.42. The number of nitrogens with one attached hydrogen (secondary N) is 2. The second-order valence-corrected chi connectivity index (χ2v) is 6.79. The molecule has 0 saturated heterocycles. The first-order valence-electron chi connectivity index (χ1n) is 8.11. The van der Waals surface area contributed by atoms with Crippen LogP contribution in [0, 0.1) is 10.1 Å². The van der Waals surface area contributed by atoms with Crippen molar-refractivity contribution in [3.63, 3.8) is 0 Å². The van der Waals surface area contributed by atoms with Crippen molar-refractivity contribution in [2.24, 2.45) is 0 Å². The van der Waals surface area contributed by atoms with Gasteiger partial charge in [-0.15, -0.1) is 0 Å². The molecule has 0 aliphatic carbocycles. The molecule has 0 bridgehead atoms. The number of anilines is 1. The fourth-order valence-electron chi connectivity index (χ4n) is 2.59. The number of nitro groups is 1. The number of nitro benzene ring substituents is 1. The van der Waals surface area contributed by atoms with Gasteiger partial charge < -0.3 is 20.3 Å². The Kier molecular flexibility index (Phi) is 7.35. The Morgan fingerprint density at radius 3 is 2.67 bits per heavy atom. The summed E-state index contributed by atoms with van der Waals surface area (Å²) in [4.78, 5) is 12.5. The van der Waals surface area contributed by atoms with E-state index in [1.807, 2.05) is 43.3 Å². The van der Waals surface area contributed by atoms with Gasteiger partial charge in [0, 0.05) is 24.2 Å². The number of ether oxygens (including phenoxy) is 1. The standard InChI is InChI=1S/C18H21ClN4O3S/c1-22(2)16(13-6-4-5-7-17(13)26-3)11-20-18(27)21-15-10-12(23(24)25)8-9-14(15)19/h4-10,16H,11H2,1-3H3,(H2,20,21,27). The summed E-state index contributed by atoms with van der Waals surface area (Å²) >= 11 is 11.4. The van der Waals surface area contributed by atoms with Gasteiger partial charge >= 0.3 is 0 Å². The smallest absolute Gasteiger partial charge is 0.271 e. The summed E-state index contributed by atoms with van der Waals surface area (Å²) in [5.41, 5.74) is 1.33. The Morgan fingerprint density at radius 1 is 1.33 bits per heavy atom. The van der Waals surface area contributed by atoms with Crippen LogP contribution in [-0.2, 0) is 0 Å². The van der Waals surface area contributed by atoms with E-state index < -0.39 is 4.92 Å². The van der Waals surface area contributed by atoms with Crippen LogP contribution in [0.5, 0.6) is 5.75 Å². The Balaban J connectivity index is 2.09. The van der Waals surface area contributed by atoms with Crippen molar-refractivity contribution < 1.29 is 9.66 Å². The summed E-state index contributed by atoms with van der Waals surface area (Å²) < 4.78 is 5.45. The molecule has 2 rings (SSSR count). The zero-order chi connectivity index (χ0) is 20.0. The van der Waals surface area contributed by atoms with Gasteiger partial charge in [0.15, 0.2) is 5.11 Å². The quantitative estimate of drug-likeness (QED) is 0.409. The fourth-order valence-corrected chi connectivity index (χ4v) is 2.95. The minimum absolute atomic E-state index is 0.00137. The van der Waals surface area contributed by atoms with Crippen LogP contribution in [0.15, 0.2) is 42.5 Å². The van der Waals surface area contributed by atoms with Gasteiger partial charge in [0.2, 0.25) is 0 Å². The van der Waals surface area contributed by atoms with E-state index in [0.29, 0.717) is 22.4 Å². The molecule has 9 heteroatoms. The number of likely N-dealkylation sites (N-methyl/N-ethyl adjacent to an activating group) is 1. The van der Waals surface area contributed by atoms with E-state index >= 15 is 0 Å². The summed E-state index contributed by atoms with van der Waals surface area (Å²) in [6.07, 6.45) is 0. The zero-order valence-corrected chi connectivity index (χ0v) is 16.8. The highest BCUT2D eigenvalue weighted by atomic mass is 35.5. The minimum atomic E-state index is -0.484. The average molecular weight is 409 g/mol. The number of hydrogen-bond acceptors (Lipinski definition) is 5. The maximum absolute atomic E-state index is 10.9. The van der Waals surface area contributed by atoms with Crippen LogP contribution in [0.3, 0.4) is 0 Å². The van der Waals surface area contributed by atoms with Crippen LogP contribution in [-0.4, -0.2) is 42.7 Å². The molecule has 0 aliphatic rings. The highest BCUT2D eigenvalue weighted by Gasteiger charge is 2.19. The van der Waals surface area contributed by atoms with E-state index in [1.54, 1.807) is 7.11 Å². The molecular formula is C18H21ClN4O3S. The molecule has 27 heavy (non-hydrogen) atoms. The third-order valence-electron chi connectivity index (χ3n) is 3.99. The van der Waals surface area contributed by atoms with E-state index in [1.165, 1.54) is 18.2 Å². The second kappa shape index (κ2) is 9.50. The Morgan fingerprint density at radius 2 is 2.04 bits per heavy atom. The fraction of sp³-hybridized carbons (Fsp3) is 0.278. The van der Waals surface area contributed by atoms with E-state index in [2.05, 4.69) is 10.6 Å². The first kappa shape index (κ1) is 20.9. The largest absolute Gasteiger partial charge is 0.496 e. The molecule has 7 nitrogen and oxygen atoms in total. The number of halogens is 1. The lowest BCUT2D eigenvalue weighted by Gasteiger charge is -2.27. The van der Waals surface area contributed by atoms with Gasteiger partial charge in [0.1, 0.15) is 5.75 Å². The summed E-state index contributed by atoms with van der Waals surface area (Å²) in [5.74, 6) is 0.790. The monoisotopic (exact) mass is 408 g/mol. The lowest BCUT2D eigenvalue weighted by molar-refractivity contribution is -0.384. The van der Waals surface area contributed by atoms with E-state index in [9.17, 15) is 10.1 Å². The number of thiocarbonyl (C=S) groups is 1. The van der Waals surface area contributed by atoms with Crippen LogP contribution >= 0.6 is 23.8 Å². The van der Waals surface area contributed by atoms with Crippen molar-refractivity contribution in [1.29, 1.82) is 0 Å². The highest BCUT2D eigenvalue weighted by molar-refractivity contribution is 7.80. The maximum atomic E-state index is 10.9. The predicted molar refractivity (Wildman–Crippen MR) is 112 cm³/mol. The third-order valence-corrected chi connectivity index (χ3v) is 4.56. The minimum Gasteiger partial charge on any atom is -0.496 e. The normalized spacial score (nSPS) is 11.7. The van der Waals surface area contributed by atoms with Crippen molar-refractivity contribution in [3.8, 4) is 5.75 Å². The van der Waals surface area contributed by atoms with Crippen molar-refractivity contribution in [2.45, 2.75) is 6.04 Å². The van der Waals surface area contributed by atoms with Gasteiger partial charge in [-0.25, -0.2) is 0 Å². The van der Waals surface area contributed by atoms with Gasteiger partial charge in [-0.2, -0.15) is 0 Å². The van der Waals surface area contributed by atoms with Crippen LogP contribution in [0.4, 0.5) is 11.4 Å². The van der Waals surface area contributed by atoms with Gasteiger partial charge in [0.05, 0.1) is 28.8 Å². The molecule has 0 radical (unpaired) electrons. The number of benzene rings is 2. The van der Waals surface area contributed by atoms with E-state index in [0.717, 1.165) is 11.3 Å². The number of rotatable bonds is 7. The first-order chi connectivity index (χ1) is 12.8. The molecular weight excluding hydrogens is 388 g/mol. The molecule has 0 saturated carbocycles. The molecule has 0 heterocycles. The topological polar surface area (TPSA) is 79.7 Å². The molecule has 1 unspecified atom stereocenters. The molecule has 0 aliphatic heterocycles. The molecule has 1 atom stereocenters. The molecule has 2 aromatic carbocycles. The maximum Gasteiger partial charge on any atom is 0.271 e. The van der Waals surface area contributed by atoms with Crippen LogP contribution in [0.1, 0.15) is 11.6 Å². The van der Waals surface area contributed by atoms with Crippen molar-refractivity contribution in [2.75, 3.05) is 33.1 Å². The lowest BCUT2D eigenvalue weighted by Crippen LogP contribution is -2.37. The molecule has 144 valence electrons. The van der Waals surface area contributed by atoms with Crippen LogP contribution < -0.4 is 15.4 Å². The van der Waals surface area contributed by atoms with E-state index in [-0.39, 0.29) is 11.7 Å². The number of nitrogens with zero attached hydrogens (tertiary/aromatic N) is 2. The van der Waals surface area contributed by atoms with Crippen molar-refractivity contribution in [3.05, 3.63) is 63.2 Å². The van der Waals surface area contributed by atoms with E-state index in [4.69, 9.17) is 28.6 Å². The van der Waals surface area contributed by atoms with Crippen LogP contribution in [0.2, 0.25) is 5.02 Å². The molecule has 0 aromatic heterocycles. The SMILES string of the molecule is COc1ccccc1C(CNC(=S)Nc1cc([N+](=O)[O-])ccc1Cl)N(C)C. The lowest BCUT2D eigenvalue weighted by atomic mass is 10.0. The number of hydrogen-bond donors (Lipinski definition) is 2. The van der Waals surface area contributed by atoms with Crippen molar-refractivity contribution >= 4 is 40.3 Å². The summed E-state index contributed by atoms with van der Waals surface area (Å²) in [7, 11) is 5.56. The summed E-state index contributed by atoms with van der Waals surface area (Å²) in [6.45, 7) is 0.506. The van der Waals surface area contributed by atoms with Crippen molar-refractivity contribution in [1.82, 2.24) is 10.2 Å². The predicted octanol–water partition coefficient (Wildman–Crippen LogP) is 3.85. The summed E-state index contributed by atoms with van der Waals surface area (Å²) in [5, 5.41) is 17.6. The molecule has 0 amide bonds. The average Bonchev–Trinajstić information content (AvgIpc) is 2.63. The molecule has 2 N–H and O–H groups in total. The second-order valence-electron chi connectivity index (χ2n) is 5.98. The van der Waals surface area contributed by atoms with Gasteiger partial charge in [-0.3, -0.25) is 10.1 Å². The Labute approximate surface area is 168 Å². The highest BCUT2D eigenvalue weighted by Crippen LogP contribution is 2.28. The third kappa shape index (κ3) is 5.53. The van der Waals surface area contributed by atoms with Crippen LogP contribution in [0.25, 0.3) is 0 Å². The van der Waals surface area contributed by atoms with Gasteiger partial charge in [0.25, 0.3) is 5.69 Å². The Bertz CT molecular complexity index is 832. The molecule has 0 spiro atoms. The number of methoxy groups -OCH3 is 1. The number of para-hydroxylation sites is 1. The zero-order valence-electron chi connectivity index (χ0n) is 15.2. The van der Waals surface area contributed by atoms with Gasteiger partial charge in [-0.1, -0.05) is 29.8 Å². The summed E-state index contributed by atoms with van der Waals surface area (Å²) in [6, 6.07) is 11.9. The first-order valence-corrected chi connectivity index (χ1v) is 8.90.